The van der Waals surface area contributed by atoms with Crippen LogP contribution in [0, 0.1) is 0 Å². The van der Waals surface area contributed by atoms with Crippen LogP contribution in [0.25, 0.3) is 4.96 Å². The van der Waals surface area contributed by atoms with E-state index in [1.165, 1.54) is 15.7 Å². The Bertz CT molecular complexity index is 678. The minimum atomic E-state index is -3.75. The van der Waals surface area contributed by atoms with Gasteiger partial charge in [-0.2, -0.15) is 4.98 Å². The van der Waals surface area contributed by atoms with E-state index in [0.717, 1.165) is 0 Å². The fourth-order valence-corrected chi connectivity index (χ4v) is 4.01. The summed E-state index contributed by atoms with van der Waals surface area (Å²) < 4.78 is 34.1. The first kappa shape index (κ1) is 15.2. The normalized spacial score (nSPS) is 13.8. The standard InChI is InChI=1S/C10H17N5O3S2/c1-3-18-6-7(2)14-20(16,17)9-8(13-11)12-10-15(9)4-5-19-10/h4-5,7,13-14H,3,6,11H2,1-2H3. The van der Waals surface area contributed by atoms with E-state index in [1.807, 2.05) is 6.92 Å². The van der Waals surface area contributed by atoms with Gasteiger partial charge >= 0.3 is 0 Å². The summed E-state index contributed by atoms with van der Waals surface area (Å²) in [6.07, 6.45) is 1.63. The van der Waals surface area contributed by atoms with Gasteiger partial charge in [-0.15, -0.1) is 11.3 Å². The van der Waals surface area contributed by atoms with Crippen molar-refractivity contribution in [1.29, 1.82) is 0 Å². The molecule has 8 nitrogen and oxygen atoms in total. The predicted molar refractivity (Wildman–Crippen MR) is 77.2 cm³/mol. The van der Waals surface area contributed by atoms with Crippen molar-refractivity contribution in [2.24, 2.45) is 5.84 Å². The van der Waals surface area contributed by atoms with Gasteiger partial charge in [-0.25, -0.2) is 19.0 Å². The highest BCUT2D eigenvalue weighted by Gasteiger charge is 2.27. The highest BCUT2D eigenvalue weighted by Crippen LogP contribution is 2.24. The van der Waals surface area contributed by atoms with Gasteiger partial charge in [0.25, 0.3) is 10.0 Å². The lowest BCUT2D eigenvalue weighted by molar-refractivity contribution is 0.133. The molecule has 0 aliphatic rings. The van der Waals surface area contributed by atoms with Gasteiger partial charge in [-0.05, 0) is 13.8 Å². The lowest BCUT2D eigenvalue weighted by Gasteiger charge is -2.14. The van der Waals surface area contributed by atoms with Crippen LogP contribution < -0.4 is 16.0 Å². The van der Waals surface area contributed by atoms with Gasteiger partial charge in [0, 0.05) is 24.2 Å². The molecule has 0 bridgehead atoms. The van der Waals surface area contributed by atoms with Crippen molar-refractivity contribution in [2.75, 3.05) is 18.6 Å². The van der Waals surface area contributed by atoms with Gasteiger partial charge in [0.15, 0.2) is 10.8 Å². The van der Waals surface area contributed by atoms with E-state index < -0.39 is 10.0 Å². The quantitative estimate of drug-likeness (QED) is 0.503. The third kappa shape index (κ3) is 2.94. The average Bonchev–Trinajstić information content (AvgIpc) is 2.94. The number of fused-ring (bicyclic) bond motifs is 1. The second-order valence-corrected chi connectivity index (χ2v) is 6.65. The van der Waals surface area contributed by atoms with Crippen molar-refractivity contribution in [3.63, 3.8) is 0 Å². The average molecular weight is 319 g/mol. The van der Waals surface area contributed by atoms with Crippen LogP contribution in [0.5, 0.6) is 0 Å². The molecule has 0 aromatic carbocycles. The fraction of sp³-hybridized carbons (Fsp3) is 0.500. The number of sulfonamides is 1. The number of aromatic nitrogens is 2. The lowest BCUT2D eigenvalue weighted by Crippen LogP contribution is -2.36. The maximum absolute atomic E-state index is 12.4. The molecule has 10 heteroatoms. The van der Waals surface area contributed by atoms with E-state index in [1.54, 1.807) is 18.5 Å². The molecule has 2 aromatic rings. The maximum atomic E-state index is 12.4. The third-order valence-corrected chi connectivity index (χ3v) is 4.91. The zero-order chi connectivity index (χ0) is 14.8. The topological polar surface area (TPSA) is 111 Å². The van der Waals surface area contributed by atoms with E-state index in [2.05, 4.69) is 15.1 Å². The van der Waals surface area contributed by atoms with E-state index in [0.29, 0.717) is 18.2 Å². The zero-order valence-electron chi connectivity index (χ0n) is 11.2. The summed E-state index contributed by atoms with van der Waals surface area (Å²) in [7, 11) is -3.75. The van der Waals surface area contributed by atoms with Gasteiger partial charge < -0.3 is 10.2 Å². The number of anilines is 1. The summed E-state index contributed by atoms with van der Waals surface area (Å²) in [5.74, 6) is 5.46. The van der Waals surface area contributed by atoms with E-state index in [4.69, 9.17) is 10.6 Å². The Morgan fingerprint density at radius 1 is 1.60 bits per heavy atom. The van der Waals surface area contributed by atoms with Crippen LogP contribution >= 0.6 is 11.3 Å². The minimum absolute atomic E-state index is 0.000372. The van der Waals surface area contributed by atoms with Gasteiger partial charge in [-0.1, -0.05) is 0 Å². The molecule has 2 heterocycles. The summed E-state index contributed by atoms with van der Waals surface area (Å²) in [4.78, 5) is 4.67. The molecule has 20 heavy (non-hydrogen) atoms. The van der Waals surface area contributed by atoms with Crippen LogP contribution in [-0.2, 0) is 14.8 Å². The number of nitrogens with zero attached hydrogens (tertiary/aromatic N) is 2. The number of ether oxygens (including phenoxy) is 1. The molecule has 0 saturated heterocycles. The van der Waals surface area contributed by atoms with Crippen molar-refractivity contribution >= 4 is 32.1 Å². The molecule has 0 aliphatic heterocycles. The monoisotopic (exact) mass is 319 g/mol. The van der Waals surface area contributed by atoms with Gasteiger partial charge in [0.1, 0.15) is 0 Å². The highest BCUT2D eigenvalue weighted by molar-refractivity contribution is 7.89. The molecule has 2 rings (SSSR count). The first-order chi connectivity index (χ1) is 9.49. The summed E-state index contributed by atoms with van der Waals surface area (Å²) in [5, 5.41) is 1.75. The molecule has 0 saturated carbocycles. The maximum Gasteiger partial charge on any atom is 0.260 e. The number of thiazole rings is 1. The molecular formula is C10H17N5O3S2. The van der Waals surface area contributed by atoms with E-state index in [9.17, 15) is 8.42 Å². The number of rotatable bonds is 7. The molecule has 4 N–H and O–H groups in total. The van der Waals surface area contributed by atoms with Gasteiger partial charge in [0.2, 0.25) is 5.03 Å². The third-order valence-electron chi connectivity index (χ3n) is 2.54. The Balaban J connectivity index is 2.33. The van der Waals surface area contributed by atoms with Crippen LogP contribution in [0.3, 0.4) is 0 Å². The molecule has 0 radical (unpaired) electrons. The highest BCUT2D eigenvalue weighted by atomic mass is 32.2. The smallest absolute Gasteiger partial charge is 0.260 e. The van der Waals surface area contributed by atoms with E-state index >= 15 is 0 Å². The molecule has 1 unspecified atom stereocenters. The number of nitrogens with two attached hydrogens (primary N) is 1. The van der Waals surface area contributed by atoms with Crippen LogP contribution in [0.4, 0.5) is 5.82 Å². The molecule has 0 amide bonds. The molecule has 0 fully saturated rings. The van der Waals surface area contributed by atoms with Crippen molar-refractivity contribution in [3.05, 3.63) is 11.6 Å². The molecule has 112 valence electrons. The first-order valence-corrected chi connectivity index (χ1v) is 8.38. The van der Waals surface area contributed by atoms with Crippen LogP contribution in [0.15, 0.2) is 16.6 Å². The Labute approximate surface area is 121 Å². The van der Waals surface area contributed by atoms with Crippen molar-refractivity contribution in [1.82, 2.24) is 14.1 Å². The number of hydrogen-bond acceptors (Lipinski definition) is 7. The lowest BCUT2D eigenvalue weighted by atomic mass is 10.4. The molecule has 1 atom stereocenters. The number of hydrazine groups is 1. The van der Waals surface area contributed by atoms with E-state index in [-0.39, 0.29) is 16.9 Å². The van der Waals surface area contributed by atoms with Crippen LogP contribution in [0.2, 0.25) is 0 Å². The van der Waals surface area contributed by atoms with Gasteiger partial charge in [-0.3, -0.25) is 4.40 Å². The summed E-state index contributed by atoms with van der Waals surface area (Å²) in [5.41, 5.74) is 2.32. The van der Waals surface area contributed by atoms with Crippen LogP contribution in [-0.4, -0.2) is 37.1 Å². The Morgan fingerprint density at radius 3 is 3.00 bits per heavy atom. The largest absolute Gasteiger partial charge is 0.380 e. The molecular weight excluding hydrogens is 302 g/mol. The van der Waals surface area contributed by atoms with Gasteiger partial charge in [0.05, 0.1) is 6.61 Å². The molecule has 2 aromatic heterocycles. The fourth-order valence-electron chi connectivity index (χ4n) is 1.77. The van der Waals surface area contributed by atoms with Crippen LogP contribution in [0.1, 0.15) is 13.8 Å². The number of imidazole rings is 1. The second kappa shape index (κ2) is 6.06. The second-order valence-electron chi connectivity index (χ2n) is 4.15. The Hall–Kier alpha value is -1.20. The predicted octanol–water partition coefficient (Wildman–Crippen LogP) is 0.385. The molecule has 0 spiro atoms. The zero-order valence-corrected chi connectivity index (χ0v) is 12.8. The summed E-state index contributed by atoms with van der Waals surface area (Å²) in [6, 6.07) is -0.352. The summed E-state index contributed by atoms with van der Waals surface area (Å²) in [6.45, 7) is 4.41. The Kier molecular flexibility index (Phi) is 4.60. The minimum Gasteiger partial charge on any atom is -0.380 e. The SMILES string of the molecule is CCOCC(C)NS(=O)(=O)c1c(NN)nc2sccn12. The van der Waals surface area contributed by atoms with Crippen molar-refractivity contribution in [2.45, 2.75) is 24.9 Å². The number of nitrogen functional groups attached to an aromatic ring is 1. The van der Waals surface area contributed by atoms with Crippen molar-refractivity contribution < 1.29 is 13.2 Å². The Morgan fingerprint density at radius 2 is 2.35 bits per heavy atom. The number of nitrogens with one attached hydrogen (secondary N) is 2. The number of hydrogen-bond donors (Lipinski definition) is 3. The van der Waals surface area contributed by atoms with Crippen molar-refractivity contribution in [3.8, 4) is 0 Å². The first-order valence-electron chi connectivity index (χ1n) is 6.01. The molecule has 0 aliphatic carbocycles. The summed E-state index contributed by atoms with van der Waals surface area (Å²) >= 11 is 1.33.